The average molecular weight is 533 g/mol. The van der Waals surface area contributed by atoms with Crippen LogP contribution in [0.4, 0.5) is 0 Å². The zero-order valence-electron chi connectivity index (χ0n) is 23.3. The van der Waals surface area contributed by atoms with Crippen LogP contribution in [0.5, 0.6) is 0 Å². The Morgan fingerprint density at radius 1 is 1.28 bits per heavy atom. The van der Waals surface area contributed by atoms with Gasteiger partial charge in [0.15, 0.2) is 0 Å². The topological polar surface area (TPSA) is 112 Å². The molecule has 8 unspecified atom stereocenters. The van der Waals surface area contributed by atoms with E-state index in [4.69, 9.17) is 4.74 Å². The van der Waals surface area contributed by atoms with Gasteiger partial charge in [-0.25, -0.2) is 0 Å². The van der Waals surface area contributed by atoms with Gasteiger partial charge in [0.05, 0.1) is 11.7 Å². The predicted molar refractivity (Wildman–Crippen MR) is 150 cm³/mol. The van der Waals surface area contributed by atoms with Crippen LogP contribution >= 0.6 is 0 Å². The number of nitrogens with one attached hydrogen (secondary N) is 2. The lowest BCUT2D eigenvalue weighted by molar-refractivity contribution is -0.148. The van der Waals surface area contributed by atoms with Crippen LogP contribution < -0.4 is 5.32 Å². The Morgan fingerprint density at radius 3 is 2.79 bits per heavy atom. The smallest absolute Gasteiger partial charge is 0.235 e. The summed E-state index contributed by atoms with van der Waals surface area (Å²) in [5.41, 5.74) is 1.19. The van der Waals surface area contributed by atoms with Crippen molar-refractivity contribution in [1.82, 2.24) is 10.3 Å². The number of aromatic nitrogens is 1. The first kappa shape index (κ1) is 27.5. The fourth-order valence-electron chi connectivity index (χ4n) is 7.50. The summed E-state index contributed by atoms with van der Waals surface area (Å²) >= 11 is 0. The predicted octanol–water partition coefficient (Wildman–Crippen LogP) is 4.30. The molecule has 0 spiro atoms. The SMILES string of the molecule is CC(C=O)=CC(C)CC=CC1C2OC2(C)C(C)C2C(Cc3c[nH]c4ccccc34)NC(=O)C12C(=O)CCCO. The standard InChI is InChI=1S/C32H40N2O5/c1-19(15-20(2)18-36)9-7-11-24-29-31(4,39-29)21(3)28-26(16-22-17-33-25-12-6-5-10-23(22)25)34-30(38)32(24,28)27(37)13-8-14-35/h5-7,10-12,15,17-19,21,24,26,28-29,33,35H,8-9,13-14,16H2,1-4H3,(H,34,38). The Morgan fingerprint density at radius 2 is 2.05 bits per heavy atom. The molecule has 1 aromatic heterocycles. The summed E-state index contributed by atoms with van der Waals surface area (Å²) < 4.78 is 6.35. The van der Waals surface area contributed by atoms with Crippen molar-refractivity contribution in [1.29, 1.82) is 0 Å². The molecule has 2 aliphatic heterocycles. The Hall–Kier alpha value is -3.03. The van der Waals surface area contributed by atoms with Crippen molar-refractivity contribution in [2.45, 2.75) is 71.1 Å². The molecular formula is C32H40N2O5. The molecule has 3 heterocycles. The van der Waals surface area contributed by atoms with Gasteiger partial charge in [-0.3, -0.25) is 14.4 Å². The number of hydrogen-bond acceptors (Lipinski definition) is 5. The second-order valence-corrected chi connectivity index (χ2v) is 12.0. The number of aliphatic hydroxyl groups is 1. The molecule has 5 rings (SSSR count). The number of benzene rings is 1. The van der Waals surface area contributed by atoms with E-state index >= 15 is 0 Å². The lowest BCUT2D eigenvalue weighted by Gasteiger charge is -2.46. The second-order valence-electron chi connectivity index (χ2n) is 12.0. The molecule has 1 amide bonds. The van der Waals surface area contributed by atoms with Gasteiger partial charge < -0.3 is 20.1 Å². The number of aliphatic hydroxyl groups excluding tert-OH is 1. The molecule has 3 fully saturated rings. The molecule has 3 aliphatic rings. The van der Waals surface area contributed by atoms with E-state index < -0.39 is 16.9 Å². The van der Waals surface area contributed by atoms with Crippen LogP contribution in [0.15, 0.2) is 54.3 Å². The highest BCUT2D eigenvalue weighted by atomic mass is 16.6. The number of amides is 1. The number of H-pyrrole nitrogens is 1. The molecule has 7 heteroatoms. The van der Waals surface area contributed by atoms with Crippen LogP contribution in [0.2, 0.25) is 0 Å². The minimum Gasteiger partial charge on any atom is -0.396 e. The van der Waals surface area contributed by atoms with Crippen LogP contribution in [0.25, 0.3) is 10.9 Å². The molecule has 8 atom stereocenters. The minimum absolute atomic E-state index is 0.0171. The molecule has 1 saturated carbocycles. The minimum atomic E-state index is -1.25. The zero-order valence-corrected chi connectivity index (χ0v) is 23.3. The number of aromatic amines is 1. The number of allylic oxidation sites excluding steroid dienone is 3. The summed E-state index contributed by atoms with van der Waals surface area (Å²) in [5, 5.41) is 13.9. The number of Topliss-reactive ketones (excluding diaryl/α,β-unsaturated/α-hetero) is 1. The van der Waals surface area contributed by atoms with E-state index in [0.29, 0.717) is 24.8 Å². The lowest BCUT2D eigenvalue weighted by atomic mass is 9.51. The van der Waals surface area contributed by atoms with Gasteiger partial charge in [-0.1, -0.05) is 50.3 Å². The van der Waals surface area contributed by atoms with Crippen molar-refractivity contribution in [2.24, 2.45) is 29.1 Å². The van der Waals surface area contributed by atoms with Crippen molar-refractivity contribution in [3.63, 3.8) is 0 Å². The Balaban J connectivity index is 1.53. The molecule has 1 aliphatic carbocycles. The van der Waals surface area contributed by atoms with Crippen LogP contribution in [0.1, 0.15) is 52.5 Å². The van der Waals surface area contributed by atoms with E-state index in [2.05, 4.69) is 30.2 Å². The van der Waals surface area contributed by atoms with Gasteiger partial charge in [0.2, 0.25) is 5.91 Å². The summed E-state index contributed by atoms with van der Waals surface area (Å²) in [6.07, 6.45) is 10.4. The first-order valence-corrected chi connectivity index (χ1v) is 14.2. The van der Waals surface area contributed by atoms with Crippen LogP contribution in [-0.4, -0.2) is 52.4 Å². The monoisotopic (exact) mass is 532 g/mol. The maximum Gasteiger partial charge on any atom is 0.235 e. The molecule has 2 saturated heterocycles. The highest BCUT2D eigenvalue weighted by Gasteiger charge is 2.78. The van der Waals surface area contributed by atoms with Gasteiger partial charge in [-0.05, 0) is 62.1 Å². The number of carbonyl (C=O) groups is 3. The second kappa shape index (κ2) is 10.5. The summed E-state index contributed by atoms with van der Waals surface area (Å²) in [4.78, 5) is 42.6. The zero-order chi connectivity index (χ0) is 27.9. The van der Waals surface area contributed by atoms with Crippen molar-refractivity contribution < 1.29 is 24.2 Å². The largest absolute Gasteiger partial charge is 0.396 e. The third-order valence-electron chi connectivity index (χ3n) is 9.56. The van der Waals surface area contributed by atoms with E-state index in [1.807, 2.05) is 49.5 Å². The molecule has 3 N–H and O–H groups in total. The summed E-state index contributed by atoms with van der Waals surface area (Å²) in [7, 11) is 0. The van der Waals surface area contributed by atoms with Gasteiger partial charge in [0, 0.05) is 48.0 Å². The van der Waals surface area contributed by atoms with E-state index in [1.165, 1.54) is 0 Å². The first-order valence-electron chi connectivity index (χ1n) is 14.2. The number of carbonyl (C=O) groups excluding carboxylic acids is 3. The molecule has 2 aromatic rings. The summed E-state index contributed by atoms with van der Waals surface area (Å²) in [6.45, 7) is 7.96. The highest BCUT2D eigenvalue weighted by Crippen LogP contribution is 2.66. The van der Waals surface area contributed by atoms with Gasteiger partial charge in [-0.2, -0.15) is 0 Å². The number of hydrogen-bond donors (Lipinski definition) is 3. The highest BCUT2D eigenvalue weighted by molar-refractivity contribution is 6.09. The van der Waals surface area contributed by atoms with Crippen molar-refractivity contribution >= 4 is 28.9 Å². The van der Waals surface area contributed by atoms with Crippen LogP contribution in [0.3, 0.4) is 0 Å². The number of fused-ring (bicyclic) bond motifs is 3. The summed E-state index contributed by atoms with van der Waals surface area (Å²) in [5.74, 6) is -0.849. The molecule has 0 bridgehead atoms. The molecule has 7 nitrogen and oxygen atoms in total. The van der Waals surface area contributed by atoms with Gasteiger partial charge in [-0.15, -0.1) is 0 Å². The molecular weight excluding hydrogens is 492 g/mol. The lowest BCUT2D eigenvalue weighted by Crippen LogP contribution is -2.58. The van der Waals surface area contributed by atoms with Gasteiger partial charge >= 0.3 is 0 Å². The van der Waals surface area contributed by atoms with E-state index in [-0.39, 0.29) is 54.6 Å². The average Bonchev–Trinajstić information content (AvgIpc) is 3.32. The summed E-state index contributed by atoms with van der Waals surface area (Å²) in [6, 6.07) is 7.90. The number of rotatable bonds is 11. The molecule has 208 valence electrons. The number of aldehydes is 1. The quantitative estimate of drug-likeness (QED) is 0.131. The third-order valence-corrected chi connectivity index (χ3v) is 9.56. The van der Waals surface area contributed by atoms with Gasteiger partial charge in [0.25, 0.3) is 0 Å². The molecule has 0 radical (unpaired) electrons. The van der Waals surface area contributed by atoms with Gasteiger partial charge in [0.1, 0.15) is 17.5 Å². The van der Waals surface area contributed by atoms with Crippen LogP contribution in [-0.2, 0) is 25.5 Å². The van der Waals surface area contributed by atoms with Crippen molar-refractivity contribution in [3.05, 3.63) is 59.8 Å². The normalized spacial score (nSPS) is 34.5. The first-order chi connectivity index (χ1) is 18.7. The Bertz CT molecular complexity index is 1330. The fourth-order valence-corrected chi connectivity index (χ4v) is 7.50. The molecule has 39 heavy (non-hydrogen) atoms. The number of ketones is 1. The maximum absolute atomic E-state index is 14.1. The molecule has 1 aromatic carbocycles. The fraction of sp³-hybridized carbons (Fsp3) is 0.531. The third kappa shape index (κ3) is 4.49. The number of ether oxygens (including phenoxy) is 1. The van der Waals surface area contributed by atoms with Crippen LogP contribution in [0, 0.1) is 29.1 Å². The van der Waals surface area contributed by atoms with E-state index in [1.54, 1.807) is 6.92 Å². The van der Waals surface area contributed by atoms with E-state index in [9.17, 15) is 19.5 Å². The number of epoxide rings is 1. The van der Waals surface area contributed by atoms with E-state index in [0.717, 1.165) is 22.8 Å². The Labute approximate surface area is 230 Å². The number of para-hydroxylation sites is 1. The van der Waals surface area contributed by atoms with Crippen molar-refractivity contribution in [2.75, 3.05) is 6.61 Å². The Kier molecular flexibility index (Phi) is 7.42. The maximum atomic E-state index is 14.1. The van der Waals surface area contributed by atoms with Crippen molar-refractivity contribution in [3.8, 4) is 0 Å².